The summed E-state index contributed by atoms with van der Waals surface area (Å²) < 4.78 is 5.22. The van der Waals surface area contributed by atoms with Crippen LogP contribution in [0.15, 0.2) is 47.1 Å². The van der Waals surface area contributed by atoms with Crippen molar-refractivity contribution < 1.29 is 9.63 Å². The van der Waals surface area contributed by atoms with Crippen LogP contribution in [0.3, 0.4) is 0 Å². The highest BCUT2D eigenvalue weighted by Crippen LogP contribution is 2.17. The van der Waals surface area contributed by atoms with Gasteiger partial charge in [-0.05, 0) is 42.3 Å². The van der Waals surface area contributed by atoms with Crippen LogP contribution in [-0.4, -0.2) is 20.2 Å². The molecule has 0 saturated heterocycles. The molecule has 3 aromatic rings. The second-order valence-electron chi connectivity index (χ2n) is 4.58. The van der Waals surface area contributed by atoms with Crippen LogP contribution < -0.4 is 0 Å². The largest absolute Gasteiger partial charge is 0.508 e. The van der Waals surface area contributed by atoms with E-state index in [0.717, 1.165) is 11.1 Å². The lowest BCUT2D eigenvalue weighted by Gasteiger charge is -1.97. The van der Waals surface area contributed by atoms with E-state index in [4.69, 9.17) is 4.52 Å². The van der Waals surface area contributed by atoms with Crippen LogP contribution in [-0.2, 0) is 6.42 Å². The number of hydrogen-bond acceptors (Lipinski definition) is 5. The fourth-order valence-corrected chi connectivity index (χ4v) is 1.93. The third kappa shape index (κ3) is 2.66. The Hall–Kier alpha value is -2.69. The zero-order valence-corrected chi connectivity index (χ0v) is 10.9. The Labute approximate surface area is 115 Å². The fraction of sp³-hybridized carbons (Fsp3) is 0.133. The third-order valence-electron chi connectivity index (χ3n) is 2.88. The van der Waals surface area contributed by atoms with E-state index < -0.39 is 0 Å². The molecular formula is C15H13N3O2. The maximum absolute atomic E-state index is 9.43. The Balaban J connectivity index is 1.84. The van der Waals surface area contributed by atoms with Gasteiger partial charge in [0.2, 0.25) is 11.7 Å². The Morgan fingerprint density at radius 1 is 1.20 bits per heavy atom. The molecule has 1 N–H and O–H groups in total. The summed E-state index contributed by atoms with van der Waals surface area (Å²) in [5.41, 5.74) is 2.70. The number of benzene rings is 1. The first-order chi connectivity index (χ1) is 9.70. The van der Waals surface area contributed by atoms with Crippen molar-refractivity contribution in [3.05, 3.63) is 59.6 Å². The summed E-state index contributed by atoms with van der Waals surface area (Å²) >= 11 is 0. The maximum Gasteiger partial charge on any atom is 0.231 e. The van der Waals surface area contributed by atoms with E-state index in [1.54, 1.807) is 24.4 Å². The number of phenols is 1. The second-order valence-corrected chi connectivity index (χ2v) is 4.58. The summed E-state index contributed by atoms with van der Waals surface area (Å²) in [6.45, 7) is 1.99. The standard InChI is InChI=1S/C15H13N3O2/c1-10-5-6-16-13(7-10)15-17-14(20-18-15)9-11-3-2-4-12(19)8-11/h2-8,19H,9H2,1H3. The predicted octanol–water partition coefficient (Wildman–Crippen LogP) is 2.74. The van der Waals surface area contributed by atoms with Gasteiger partial charge in [0.25, 0.3) is 0 Å². The van der Waals surface area contributed by atoms with Crippen molar-refractivity contribution in [1.82, 2.24) is 15.1 Å². The molecule has 0 fully saturated rings. The smallest absolute Gasteiger partial charge is 0.231 e. The summed E-state index contributed by atoms with van der Waals surface area (Å²) in [4.78, 5) is 8.54. The molecule has 0 saturated carbocycles. The van der Waals surface area contributed by atoms with Crippen molar-refractivity contribution in [3.8, 4) is 17.3 Å². The zero-order chi connectivity index (χ0) is 13.9. The third-order valence-corrected chi connectivity index (χ3v) is 2.88. The lowest BCUT2D eigenvalue weighted by molar-refractivity contribution is 0.385. The van der Waals surface area contributed by atoms with Crippen molar-refractivity contribution in [2.24, 2.45) is 0 Å². The van der Waals surface area contributed by atoms with Gasteiger partial charge >= 0.3 is 0 Å². The maximum atomic E-state index is 9.43. The van der Waals surface area contributed by atoms with Gasteiger partial charge in [0.05, 0.1) is 6.42 Å². The van der Waals surface area contributed by atoms with E-state index in [0.29, 0.717) is 23.8 Å². The monoisotopic (exact) mass is 267 g/mol. The lowest BCUT2D eigenvalue weighted by atomic mass is 10.1. The molecule has 0 aliphatic carbocycles. The highest BCUT2D eigenvalue weighted by Gasteiger charge is 2.10. The van der Waals surface area contributed by atoms with Gasteiger partial charge in [0.1, 0.15) is 11.4 Å². The Kier molecular flexibility index (Phi) is 3.16. The zero-order valence-electron chi connectivity index (χ0n) is 10.9. The minimum Gasteiger partial charge on any atom is -0.508 e. The van der Waals surface area contributed by atoms with E-state index in [-0.39, 0.29) is 5.75 Å². The Morgan fingerprint density at radius 2 is 2.10 bits per heavy atom. The number of nitrogens with zero attached hydrogens (tertiary/aromatic N) is 3. The molecule has 0 unspecified atom stereocenters. The molecule has 5 nitrogen and oxygen atoms in total. The van der Waals surface area contributed by atoms with Gasteiger partial charge < -0.3 is 9.63 Å². The average molecular weight is 267 g/mol. The van der Waals surface area contributed by atoms with Crippen LogP contribution in [0.25, 0.3) is 11.5 Å². The van der Waals surface area contributed by atoms with Crippen LogP contribution in [0.4, 0.5) is 0 Å². The van der Waals surface area contributed by atoms with Gasteiger partial charge in [-0.3, -0.25) is 4.98 Å². The molecular weight excluding hydrogens is 254 g/mol. The van der Waals surface area contributed by atoms with Gasteiger partial charge in [0, 0.05) is 6.20 Å². The number of hydrogen-bond donors (Lipinski definition) is 1. The minimum absolute atomic E-state index is 0.225. The van der Waals surface area contributed by atoms with Crippen molar-refractivity contribution in [1.29, 1.82) is 0 Å². The van der Waals surface area contributed by atoms with Crippen LogP contribution in [0, 0.1) is 6.92 Å². The summed E-state index contributed by atoms with van der Waals surface area (Å²) in [5.74, 6) is 1.19. The van der Waals surface area contributed by atoms with E-state index in [1.165, 1.54) is 0 Å². The molecule has 1 aromatic carbocycles. The first kappa shape index (κ1) is 12.3. The molecule has 0 atom stereocenters. The molecule has 0 aliphatic heterocycles. The van der Waals surface area contributed by atoms with Gasteiger partial charge in [0.15, 0.2) is 0 Å². The van der Waals surface area contributed by atoms with Crippen molar-refractivity contribution in [2.45, 2.75) is 13.3 Å². The normalized spacial score (nSPS) is 10.7. The molecule has 0 spiro atoms. The summed E-state index contributed by atoms with van der Waals surface area (Å²) in [6, 6.07) is 10.8. The molecule has 0 amide bonds. The van der Waals surface area contributed by atoms with Crippen molar-refractivity contribution >= 4 is 0 Å². The number of phenolic OH excluding ortho intramolecular Hbond substituents is 1. The topological polar surface area (TPSA) is 72.0 Å². The molecule has 100 valence electrons. The average Bonchev–Trinajstić information content (AvgIpc) is 2.87. The molecule has 3 rings (SSSR count). The summed E-state index contributed by atoms with van der Waals surface area (Å²) in [7, 11) is 0. The first-order valence-electron chi connectivity index (χ1n) is 6.24. The minimum atomic E-state index is 0.225. The van der Waals surface area contributed by atoms with Crippen LogP contribution in [0.2, 0.25) is 0 Å². The van der Waals surface area contributed by atoms with Gasteiger partial charge in [-0.2, -0.15) is 4.98 Å². The van der Waals surface area contributed by atoms with Gasteiger partial charge in [-0.25, -0.2) is 0 Å². The number of aromatic nitrogens is 3. The molecule has 2 heterocycles. The van der Waals surface area contributed by atoms with E-state index in [2.05, 4.69) is 15.1 Å². The molecule has 0 radical (unpaired) electrons. The van der Waals surface area contributed by atoms with Gasteiger partial charge in [-0.15, -0.1) is 0 Å². The second kappa shape index (κ2) is 5.13. The van der Waals surface area contributed by atoms with E-state index in [1.807, 2.05) is 25.1 Å². The lowest BCUT2D eigenvalue weighted by Crippen LogP contribution is -1.89. The first-order valence-corrected chi connectivity index (χ1v) is 6.24. The molecule has 20 heavy (non-hydrogen) atoms. The van der Waals surface area contributed by atoms with Crippen molar-refractivity contribution in [3.63, 3.8) is 0 Å². The van der Waals surface area contributed by atoms with Crippen LogP contribution >= 0.6 is 0 Å². The molecule has 5 heteroatoms. The Bertz CT molecular complexity index is 737. The molecule has 0 aliphatic rings. The Morgan fingerprint density at radius 3 is 2.90 bits per heavy atom. The summed E-state index contributed by atoms with van der Waals surface area (Å²) in [6.07, 6.45) is 2.20. The van der Waals surface area contributed by atoms with Gasteiger partial charge in [-0.1, -0.05) is 17.3 Å². The van der Waals surface area contributed by atoms with Crippen LogP contribution in [0.1, 0.15) is 17.0 Å². The number of aryl methyl sites for hydroxylation is 1. The fourth-order valence-electron chi connectivity index (χ4n) is 1.93. The summed E-state index contributed by atoms with van der Waals surface area (Å²) in [5, 5.41) is 13.4. The van der Waals surface area contributed by atoms with Crippen LogP contribution in [0.5, 0.6) is 5.75 Å². The number of pyridine rings is 1. The molecule has 0 bridgehead atoms. The highest BCUT2D eigenvalue weighted by molar-refractivity contribution is 5.49. The highest BCUT2D eigenvalue weighted by atomic mass is 16.5. The van der Waals surface area contributed by atoms with Crippen molar-refractivity contribution in [2.75, 3.05) is 0 Å². The molecule has 2 aromatic heterocycles. The quantitative estimate of drug-likeness (QED) is 0.790. The number of aromatic hydroxyl groups is 1. The SMILES string of the molecule is Cc1ccnc(-c2noc(Cc3cccc(O)c3)n2)c1. The van der Waals surface area contributed by atoms with E-state index >= 15 is 0 Å². The number of rotatable bonds is 3. The van der Waals surface area contributed by atoms with E-state index in [9.17, 15) is 5.11 Å². The predicted molar refractivity (Wildman–Crippen MR) is 73.2 cm³/mol.